The minimum atomic E-state index is -0.868. The lowest BCUT2D eigenvalue weighted by atomic mass is 10.1. The molecule has 0 bridgehead atoms. The molecular formula is C22H28N2O2S. The number of aliphatic imine (C=N–C) groups is 1. The van der Waals surface area contributed by atoms with Crippen LogP contribution in [0.4, 0.5) is 0 Å². The van der Waals surface area contributed by atoms with Crippen LogP contribution in [-0.2, 0) is 0 Å². The molecule has 1 rings (SSSR count). The highest BCUT2D eigenvalue weighted by Crippen LogP contribution is 2.33. The van der Waals surface area contributed by atoms with Gasteiger partial charge in [-0.25, -0.2) is 4.99 Å². The van der Waals surface area contributed by atoms with Crippen molar-refractivity contribution in [1.82, 2.24) is 5.32 Å². The summed E-state index contributed by atoms with van der Waals surface area (Å²) in [7, 11) is 0. The standard InChI is InChI=1S/C22H28N2O2S/c1-5-8-10-20(7-3)27-17(4)21(24-16-23-15-9-6-2)22(26)18-11-13-19(25)14-12-18/h5-9,11-16,22,25-26H,2,10H2,1,3-4H3,(H,23,24)/b8-5-,15-9-,20-7+,21-17+. The van der Waals surface area contributed by atoms with Crippen molar-refractivity contribution in [2.45, 2.75) is 33.3 Å². The number of phenols is 1. The second-order valence-electron chi connectivity index (χ2n) is 5.59. The van der Waals surface area contributed by atoms with Gasteiger partial charge < -0.3 is 15.5 Å². The van der Waals surface area contributed by atoms with Crippen molar-refractivity contribution in [3.8, 4) is 5.75 Å². The van der Waals surface area contributed by atoms with Crippen LogP contribution in [0.3, 0.4) is 0 Å². The Bertz CT molecular complexity index is 744. The molecule has 0 saturated carbocycles. The van der Waals surface area contributed by atoms with Crippen molar-refractivity contribution in [1.29, 1.82) is 0 Å². The van der Waals surface area contributed by atoms with Crippen LogP contribution in [0, 0.1) is 0 Å². The zero-order chi connectivity index (χ0) is 20.1. The first-order chi connectivity index (χ1) is 13.0. The Morgan fingerprint density at radius 3 is 2.59 bits per heavy atom. The van der Waals surface area contributed by atoms with E-state index in [1.807, 2.05) is 26.8 Å². The number of allylic oxidation sites excluding steroid dienone is 7. The van der Waals surface area contributed by atoms with Gasteiger partial charge in [-0.2, -0.15) is 0 Å². The molecule has 27 heavy (non-hydrogen) atoms. The van der Waals surface area contributed by atoms with E-state index in [2.05, 4.69) is 29.0 Å². The van der Waals surface area contributed by atoms with Gasteiger partial charge in [-0.15, -0.1) is 0 Å². The van der Waals surface area contributed by atoms with E-state index in [4.69, 9.17) is 0 Å². The number of aliphatic hydroxyl groups excluding tert-OH is 1. The maximum Gasteiger partial charge on any atom is 0.120 e. The molecule has 5 heteroatoms. The van der Waals surface area contributed by atoms with Crippen molar-refractivity contribution >= 4 is 18.1 Å². The zero-order valence-corrected chi connectivity index (χ0v) is 16.9. The largest absolute Gasteiger partial charge is 0.508 e. The molecule has 0 heterocycles. The zero-order valence-electron chi connectivity index (χ0n) is 16.1. The molecule has 0 spiro atoms. The van der Waals surface area contributed by atoms with Crippen LogP contribution in [0.1, 0.15) is 38.9 Å². The van der Waals surface area contributed by atoms with Crippen molar-refractivity contribution in [2.75, 3.05) is 0 Å². The summed E-state index contributed by atoms with van der Waals surface area (Å²) in [5, 5.41) is 23.4. The molecule has 4 nitrogen and oxygen atoms in total. The molecule has 144 valence electrons. The highest BCUT2D eigenvalue weighted by Gasteiger charge is 2.17. The topological polar surface area (TPSA) is 64.9 Å². The van der Waals surface area contributed by atoms with Gasteiger partial charge in [0.2, 0.25) is 0 Å². The highest BCUT2D eigenvalue weighted by atomic mass is 32.2. The van der Waals surface area contributed by atoms with E-state index < -0.39 is 6.10 Å². The molecule has 1 aromatic rings. The third kappa shape index (κ3) is 8.15. The second kappa shape index (κ2) is 12.8. The molecule has 1 unspecified atom stereocenters. The van der Waals surface area contributed by atoms with Crippen LogP contribution in [-0.4, -0.2) is 16.6 Å². The average molecular weight is 385 g/mol. The summed E-state index contributed by atoms with van der Waals surface area (Å²) >= 11 is 1.61. The fraction of sp³-hybridized carbons (Fsp3) is 0.227. The lowest BCUT2D eigenvalue weighted by Crippen LogP contribution is -2.19. The maximum atomic E-state index is 10.9. The van der Waals surface area contributed by atoms with Gasteiger partial charge in [0.25, 0.3) is 0 Å². The van der Waals surface area contributed by atoms with Crippen LogP contribution in [0.25, 0.3) is 0 Å². The van der Waals surface area contributed by atoms with Gasteiger partial charge in [0, 0.05) is 11.1 Å². The van der Waals surface area contributed by atoms with Gasteiger partial charge in [-0.05, 0) is 55.9 Å². The van der Waals surface area contributed by atoms with E-state index in [1.165, 1.54) is 11.2 Å². The molecule has 0 aliphatic rings. The minimum Gasteiger partial charge on any atom is -0.508 e. The maximum absolute atomic E-state index is 10.9. The van der Waals surface area contributed by atoms with E-state index in [0.717, 1.165) is 11.3 Å². The Morgan fingerprint density at radius 1 is 1.30 bits per heavy atom. The molecule has 0 saturated heterocycles. The number of aliphatic hydroxyl groups is 1. The molecular weight excluding hydrogens is 356 g/mol. The van der Waals surface area contributed by atoms with Gasteiger partial charge in [-0.1, -0.05) is 54.8 Å². The lowest BCUT2D eigenvalue weighted by Gasteiger charge is -2.19. The normalized spacial score (nSPS) is 14.7. The van der Waals surface area contributed by atoms with Gasteiger partial charge in [-0.3, -0.25) is 0 Å². The Hall–Kier alpha value is -2.50. The number of nitrogens with one attached hydrogen (secondary N) is 1. The van der Waals surface area contributed by atoms with Crippen LogP contribution in [0.5, 0.6) is 5.75 Å². The third-order valence-electron chi connectivity index (χ3n) is 3.63. The van der Waals surface area contributed by atoms with Gasteiger partial charge >= 0.3 is 0 Å². The number of phenolic OH excluding ortho intramolecular Hbond substituents is 1. The number of rotatable bonds is 10. The number of benzene rings is 1. The molecule has 1 atom stereocenters. The van der Waals surface area contributed by atoms with E-state index in [0.29, 0.717) is 11.3 Å². The van der Waals surface area contributed by atoms with Crippen molar-refractivity contribution in [3.05, 3.63) is 88.5 Å². The fourth-order valence-electron chi connectivity index (χ4n) is 2.16. The summed E-state index contributed by atoms with van der Waals surface area (Å²) in [6.45, 7) is 9.56. The Balaban J connectivity index is 3.13. The molecule has 3 N–H and O–H groups in total. The Morgan fingerprint density at radius 2 is 2.00 bits per heavy atom. The summed E-state index contributed by atoms with van der Waals surface area (Å²) in [5.74, 6) is 0.161. The monoisotopic (exact) mass is 384 g/mol. The second-order valence-corrected chi connectivity index (χ2v) is 6.93. The Labute approximate surface area is 166 Å². The van der Waals surface area contributed by atoms with E-state index in [-0.39, 0.29) is 5.75 Å². The molecule has 0 aliphatic carbocycles. The minimum absolute atomic E-state index is 0.161. The number of thioether (sulfide) groups is 1. The first-order valence-electron chi connectivity index (χ1n) is 8.71. The first kappa shape index (κ1) is 22.5. The smallest absolute Gasteiger partial charge is 0.120 e. The van der Waals surface area contributed by atoms with Crippen molar-refractivity contribution in [2.24, 2.45) is 4.99 Å². The van der Waals surface area contributed by atoms with Crippen molar-refractivity contribution in [3.63, 3.8) is 0 Å². The van der Waals surface area contributed by atoms with Gasteiger partial charge in [0.1, 0.15) is 11.9 Å². The molecule has 0 aliphatic heterocycles. The van der Waals surface area contributed by atoms with Crippen LogP contribution in [0.2, 0.25) is 0 Å². The van der Waals surface area contributed by atoms with E-state index in [9.17, 15) is 10.2 Å². The number of hydrogen-bond donors (Lipinski definition) is 3. The highest BCUT2D eigenvalue weighted by molar-refractivity contribution is 8.06. The third-order valence-corrected chi connectivity index (χ3v) is 4.82. The summed E-state index contributed by atoms with van der Waals surface area (Å²) in [6, 6.07) is 6.52. The summed E-state index contributed by atoms with van der Waals surface area (Å²) in [4.78, 5) is 6.24. The van der Waals surface area contributed by atoms with E-state index in [1.54, 1.807) is 54.4 Å². The first-order valence-corrected chi connectivity index (χ1v) is 9.52. The average Bonchev–Trinajstić information content (AvgIpc) is 2.67. The summed E-state index contributed by atoms with van der Waals surface area (Å²) in [6.07, 6.45) is 12.7. The number of aromatic hydroxyl groups is 1. The Kier molecular flexibility index (Phi) is 10.7. The molecule has 0 amide bonds. The molecule has 0 aromatic heterocycles. The SMILES string of the molecule is C=C/C=C\N=CN/C(=C(\C)S/C(=C/C)C/C=C\C)C(O)c1ccc(O)cc1. The van der Waals surface area contributed by atoms with Crippen molar-refractivity contribution < 1.29 is 10.2 Å². The van der Waals surface area contributed by atoms with Crippen LogP contribution >= 0.6 is 11.8 Å². The summed E-state index contributed by atoms with van der Waals surface area (Å²) in [5.41, 5.74) is 1.32. The molecule has 1 aromatic carbocycles. The predicted octanol–water partition coefficient (Wildman–Crippen LogP) is 5.58. The molecule has 0 fully saturated rings. The summed E-state index contributed by atoms with van der Waals surface area (Å²) < 4.78 is 0. The predicted molar refractivity (Wildman–Crippen MR) is 118 cm³/mol. The number of nitrogens with zero attached hydrogens (tertiary/aromatic N) is 1. The molecule has 0 radical (unpaired) electrons. The van der Waals surface area contributed by atoms with Gasteiger partial charge in [0.05, 0.1) is 12.0 Å². The van der Waals surface area contributed by atoms with E-state index >= 15 is 0 Å². The van der Waals surface area contributed by atoms with Crippen LogP contribution < -0.4 is 5.32 Å². The fourth-order valence-corrected chi connectivity index (χ4v) is 3.13. The quantitative estimate of drug-likeness (QED) is 0.213. The van der Waals surface area contributed by atoms with Crippen LogP contribution in [0.15, 0.2) is 87.9 Å². The van der Waals surface area contributed by atoms with Gasteiger partial charge in [0.15, 0.2) is 0 Å². The number of hydrogen-bond acceptors (Lipinski definition) is 4. The lowest BCUT2D eigenvalue weighted by molar-refractivity contribution is 0.210.